The summed E-state index contributed by atoms with van der Waals surface area (Å²) >= 11 is 0. The molecule has 0 bridgehead atoms. The molecule has 0 aromatic heterocycles. The van der Waals surface area contributed by atoms with Crippen LogP contribution in [0, 0.1) is 10.1 Å². The highest BCUT2D eigenvalue weighted by atomic mass is 16.6. The van der Waals surface area contributed by atoms with E-state index < -0.39 is 0 Å². The molecule has 1 aromatic carbocycles. The van der Waals surface area contributed by atoms with Gasteiger partial charge in [0.15, 0.2) is 0 Å². The number of nitrogens with zero attached hydrogens (tertiary/aromatic N) is 2. The number of anilines is 2. The molecular weight excluding hydrogens is 270 g/mol. The lowest BCUT2D eigenvalue weighted by Crippen LogP contribution is -2.42. The molecule has 1 fully saturated rings. The van der Waals surface area contributed by atoms with Gasteiger partial charge in [0.1, 0.15) is 11.4 Å². The number of nitro groups is 1. The molecule has 0 saturated carbocycles. The fourth-order valence-corrected chi connectivity index (χ4v) is 2.86. The van der Waals surface area contributed by atoms with Crippen LogP contribution in [0.2, 0.25) is 0 Å². The fraction of sp³-hybridized carbons (Fsp3) is 0.600. The normalized spacial score (nSPS) is 18.6. The Hall–Kier alpha value is -1.82. The van der Waals surface area contributed by atoms with Crippen molar-refractivity contribution in [1.29, 1.82) is 0 Å². The van der Waals surface area contributed by atoms with Crippen LogP contribution >= 0.6 is 0 Å². The summed E-state index contributed by atoms with van der Waals surface area (Å²) in [7, 11) is 0. The lowest BCUT2D eigenvalue weighted by atomic mass is 10.0. The molecule has 6 heteroatoms. The van der Waals surface area contributed by atoms with E-state index in [-0.39, 0.29) is 23.3 Å². The van der Waals surface area contributed by atoms with Gasteiger partial charge < -0.3 is 15.3 Å². The Morgan fingerprint density at radius 3 is 2.95 bits per heavy atom. The third-order valence-electron chi connectivity index (χ3n) is 3.91. The Kier molecular flexibility index (Phi) is 5.38. The number of rotatable bonds is 6. The van der Waals surface area contributed by atoms with Crippen LogP contribution in [0.1, 0.15) is 32.6 Å². The lowest BCUT2D eigenvalue weighted by molar-refractivity contribution is -0.383. The van der Waals surface area contributed by atoms with Crippen LogP contribution in [-0.4, -0.2) is 35.8 Å². The minimum atomic E-state index is -0.323. The van der Waals surface area contributed by atoms with Crippen molar-refractivity contribution in [3.63, 3.8) is 0 Å². The van der Waals surface area contributed by atoms with Crippen molar-refractivity contribution < 1.29 is 10.0 Å². The van der Waals surface area contributed by atoms with E-state index in [1.165, 1.54) is 0 Å². The van der Waals surface area contributed by atoms with Crippen LogP contribution in [0.25, 0.3) is 0 Å². The summed E-state index contributed by atoms with van der Waals surface area (Å²) in [5, 5.41) is 24.2. The van der Waals surface area contributed by atoms with Crippen molar-refractivity contribution in [2.24, 2.45) is 0 Å². The Balaban J connectivity index is 2.39. The first kappa shape index (κ1) is 15.6. The number of piperidine rings is 1. The molecule has 1 unspecified atom stereocenters. The molecule has 1 aromatic rings. The third-order valence-corrected chi connectivity index (χ3v) is 3.91. The summed E-state index contributed by atoms with van der Waals surface area (Å²) < 4.78 is 0. The number of para-hydroxylation sites is 1. The monoisotopic (exact) mass is 293 g/mol. The molecular formula is C15H23N3O3. The zero-order chi connectivity index (χ0) is 15.2. The van der Waals surface area contributed by atoms with Crippen LogP contribution in [0.3, 0.4) is 0 Å². The molecule has 1 aliphatic rings. The summed E-state index contributed by atoms with van der Waals surface area (Å²) in [6.07, 6.45) is 3.84. The molecule has 0 amide bonds. The van der Waals surface area contributed by atoms with Crippen LogP contribution < -0.4 is 10.2 Å². The second kappa shape index (κ2) is 7.26. The standard InChI is InChI=1S/C15H23N3O3/c1-2-9-16-13-7-5-8-14(15(13)18(20)21)17-10-4-3-6-12(17)11-19/h5,7-8,12,16,19H,2-4,6,9-11H2,1H3. The zero-order valence-corrected chi connectivity index (χ0v) is 12.4. The van der Waals surface area contributed by atoms with Gasteiger partial charge in [-0.2, -0.15) is 0 Å². The zero-order valence-electron chi connectivity index (χ0n) is 12.4. The summed E-state index contributed by atoms with van der Waals surface area (Å²) in [6.45, 7) is 3.51. The van der Waals surface area contributed by atoms with Crippen LogP contribution in [-0.2, 0) is 0 Å². The van der Waals surface area contributed by atoms with Crippen molar-refractivity contribution in [3.05, 3.63) is 28.3 Å². The number of nitro benzene ring substituents is 1. The molecule has 1 aliphatic heterocycles. The van der Waals surface area contributed by atoms with E-state index >= 15 is 0 Å². The van der Waals surface area contributed by atoms with Crippen molar-refractivity contribution in [2.75, 3.05) is 29.9 Å². The van der Waals surface area contributed by atoms with E-state index in [4.69, 9.17) is 0 Å². The molecule has 21 heavy (non-hydrogen) atoms. The number of nitrogens with one attached hydrogen (secondary N) is 1. The maximum Gasteiger partial charge on any atom is 0.315 e. The van der Waals surface area contributed by atoms with E-state index in [0.29, 0.717) is 17.9 Å². The number of hydrogen-bond acceptors (Lipinski definition) is 5. The maximum absolute atomic E-state index is 11.5. The van der Waals surface area contributed by atoms with Crippen LogP contribution in [0.4, 0.5) is 17.1 Å². The molecule has 6 nitrogen and oxygen atoms in total. The van der Waals surface area contributed by atoms with Gasteiger partial charge in [0.25, 0.3) is 0 Å². The summed E-state index contributed by atoms with van der Waals surface area (Å²) in [4.78, 5) is 13.2. The fourth-order valence-electron chi connectivity index (χ4n) is 2.86. The van der Waals surface area contributed by atoms with Gasteiger partial charge in [-0.15, -0.1) is 0 Å². The second-order valence-corrected chi connectivity index (χ2v) is 5.38. The SMILES string of the molecule is CCCNc1cccc(N2CCCCC2CO)c1[N+](=O)[O-]. The molecule has 1 saturated heterocycles. The maximum atomic E-state index is 11.5. The largest absolute Gasteiger partial charge is 0.394 e. The molecule has 116 valence electrons. The summed E-state index contributed by atoms with van der Waals surface area (Å²) in [6, 6.07) is 5.33. The molecule has 2 rings (SSSR count). The van der Waals surface area contributed by atoms with Crippen molar-refractivity contribution in [3.8, 4) is 0 Å². The average molecular weight is 293 g/mol. The topological polar surface area (TPSA) is 78.6 Å². The summed E-state index contributed by atoms with van der Waals surface area (Å²) in [5.74, 6) is 0. The van der Waals surface area contributed by atoms with Gasteiger partial charge in [-0.25, -0.2) is 0 Å². The smallest absolute Gasteiger partial charge is 0.315 e. The van der Waals surface area contributed by atoms with Crippen molar-refractivity contribution >= 4 is 17.1 Å². The Bertz CT molecular complexity index is 493. The quantitative estimate of drug-likeness (QED) is 0.623. The minimum absolute atomic E-state index is 0.0288. The summed E-state index contributed by atoms with van der Waals surface area (Å²) in [5.41, 5.74) is 1.28. The molecule has 1 heterocycles. The second-order valence-electron chi connectivity index (χ2n) is 5.38. The Morgan fingerprint density at radius 2 is 2.29 bits per heavy atom. The van der Waals surface area contributed by atoms with Gasteiger partial charge in [-0.3, -0.25) is 10.1 Å². The van der Waals surface area contributed by atoms with Crippen molar-refractivity contribution in [2.45, 2.75) is 38.6 Å². The van der Waals surface area contributed by atoms with Gasteiger partial charge in [0, 0.05) is 13.1 Å². The highest BCUT2D eigenvalue weighted by Crippen LogP contribution is 2.38. The van der Waals surface area contributed by atoms with Gasteiger partial charge in [0.05, 0.1) is 17.6 Å². The molecule has 0 aliphatic carbocycles. The highest BCUT2D eigenvalue weighted by molar-refractivity contribution is 5.77. The first-order valence-electron chi connectivity index (χ1n) is 7.57. The number of aliphatic hydroxyl groups excluding tert-OH is 1. The van der Waals surface area contributed by atoms with Gasteiger partial charge >= 0.3 is 5.69 Å². The van der Waals surface area contributed by atoms with E-state index in [1.807, 2.05) is 17.9 Å². The Morgan fingerprint density at radius 1 is 1.48 bits per heavy atom. The molecule has 1 atom stereocenters. The predicted molar refractivity (Wildman–Crippen MR) is 83.9 cm³/mol. The number of benzene rings is 1. The first-order chi connectivity index (χ1) is 10.2. The van der Waals surface area contributed by atoms with Gasteiger partial charge in [0.2, 0.25) is 0 Å². The average Bonchev–Trinajstić information content (AvgIpc) is 2.52. The van der Waals surface area contributed by atoms with E-state index in [9.17, 15) is 15.2 Å². The molecule has 2 N–H and O–H groups in total. The van der Waals surface area contributed by atoms with Gasteiger partial charge in [-0.05, 0) is 37.8 Å². The van der Waals surface area contributed by atoms with E-state index in [1.54, 1.807) is 12.1 Å². The van der Waals surface area contributed by atoms with Crippen molar-refractivity contribution in [1.82, 2.24) is 0 Å². The van der Waals surface area contributed by atoms with E-state index in [2.05, 4.69) is 5.32 Å². The van der Waals surface area contributed by atoms with E-state index in [0.717, 1.165) is 32.2 Å². The number of aliphatic hydroxyl groups is 1. The molecule has 0 spiro atoms. The third kappa shape index (κ3) is 3.44. The first-order valence-corrected chi connectivity index (χ1v) is 7.57. The number of hydrogen-bond donors (Lipinski definition) is 2. The van der Waals surface area contributed by atoms with Crippen LogP contribution in [0.5, 0.6) is 0 Å². The van der Waals surface area contributed by atoms with Crippen LogP contribution in [0.15, 0.2) is 18.2 Å². The minimum Gasteiger partial charge on any atom is -0.394 e. The Labute approximate surface area is 124 Å². The lowest BCUT2D eigenvalue weighted by Gasteiger charge is -2.36. The van der Waals surface area contributed by atoms with Gasteiger partial charge in [-0.1, -0.05) is 13.0 Å². The molecule has 0 radical (unpaired) electrons. The highest BCUT2D eigenvalue weighted by Gasteiger charge is 2.29. The predicted octanol–water partition coefficient (Wildman–Crippen LogP) is 2.77.